The van der Waals surface area contributed by atoms with E-state index in [9.17, 15) is 9.59 Å². The molecule has 0 radical (unpaired) electrons. The van der Waals surface area contributed by atoms with Crippen LogP contribution >= 0.6 is 0 Å². The first-order valence-corrected chi connectivity index (χ1v) is 5.51. The zero-order valence-corrected chi connectivity index (χ0v) is 9.77. The minimum atomic E-state index is -1.12. The molecule has 0 bridgehead atoms. The van der Waals surface area contributed by atoms with Crippen molar-refractivity contribution >= 4 is 11.9 Å². The number of amides is 1. The van der Waals surface area contributed by atoms with Crippen LogP contribution in [-0.2, 0) is 9.59 Å². The highest BCUT2D eigenvalue weighted by atomic mass is 16.4. The third-order valence-electron chi connectivity index (χ3n) is 2.91. The van der Waals surface area contributed by atoms with E-state index in [-0.39, 0.29) is 5.91 Å². The lowest BCUT2D eigenvalue weighted by molar-refractivity contribution is -0.148. The number of hydrogen-bond acceptors (Lipinski definition) is 4. The molecule has 1 heterocycles. The Hall–Kier alpha value is -1.14. The van der Waals surface area contributed by atoms with Crippen LogP contribution in [0.3, 0.4) is 0 Å². The summed E-state index contributed by atoms with van der Waals surface area (Å²) < 4.78 is 0. The van der Waals surface area contributed by atoms with Crippen LogP contribution in [0.5, 0.6) is 0 Å². The minimum absolute atomic E-state index is 0.342. The molecule has 6 heteroatoms. The second kappa shape index (κ2) is 5.81. The molecule has 1 fully saturated rings. The number of nitrogens with one attached hydrogen (secondary N) is 1. The van der Waals surface area contributed by atoms with Gasteiger partial charge in [-0.15, -0.1) is 0 Å². The molecule has 0 aromatic carbocycles. The monoisotopic (exact) mass is 229 g/mol. The van der Waals surface area contributed by atoms with Gasteiger partial charge in [0, 0.05) is 26.2 Å². The summed E-state index contributed by atoms with van der Waals surface area (Å²) in [6.07, 6.45) is 0. The highest BCUT2D eigenvalue weighted by Crippen LogP contribution is 2.03. The van der Waals surface area contributed by atoms with Gasteiger partial charge < -0.3 is 14.9 Å². The van der Waals surface area contributed by atoms with Gasteiger partial charge in [0.1, 0.15) is 0 Å². The average Bonchev–Trinajstić information content (AvgIpc) is 2.29. The van der Waals surface area contributed by atoms with Crippen molar-refractivity contribution in [3.05, 3.63) is 0 Å². The number of aliphatic carboxylic acids is 1. The summed E-state index contributed by atoms with van der Waals surface area (Å²) in [6, 6.07) is -1.12. The number of nitrogens with zero attached hydrogens (tertiary/aromatic N) is 2. The van der Waals surface area contributed by atoms with Crippen molar-refractivity contribution in [3.8, 4) is 0 Å². The van der Waals surface area contributed by atoms with Crippen LogP contribution in [0.4, 0.5) is 0 Å². The highest BCUT2D eigenvalue weighted by Gasteiger charge is 2.30. The molecule has 1 unspecified atom stereocenters. The van der Waals surface area contributed by atoms with Gasteiger partial charge >= 0.3 is 5.97 Å². The fourth-order valence-corrected chi connectivity index (χ4v) is 1.82. The molecule has 1 atom stereocenters. The summed E-state index contributed by atoms with van der Waals surface area (Å²) in [7, 11) is 1.49. The predicted octanol–water partition coefficient (Wildman–Crippen LogP) is -1.18. The fraction of sp³-hybridized carbons (Fsp3) is 0.800. The van der Waals surface area contributed by atoms with E-state index in [1.807, 2.05) is 0 Å². The number of rotatable bonds is 4. The Morgan fingerprint density at radius 3 is 2.25 bits per heavy atom. The number of hydrogen-bond donors (Lipinski definition) is 2. The van der Waals surface area contributed by atoms with Crippen LogP contribution in [-0.4, -0.2) is 72.6 Å². The molecule has 1 aliphatic heterocycles. The number of carboxylic acid groups (broad SMARTS) is 1. The maximum absolute atomic E-state index is 11.8. The molecule has 16 heavy (non-hydrogen) atoms. The second-order valence-electron chi connectivity index (χ2n) is 3.82. The number of carboxylic acids is 1. The predicted molar refractivity (Wildman–Crippen MR) is 59.2 cm³/mol. The van der Waals surface area contributed by atoms with Gasteiger partial charge in [0.15, 0.2) is 6.04 Å². The van der Waals surface area contributed by atoms with E-state index in [0.29, 0.717) is 13.1 Å². The van der Waals surface area contributed by atoms with Gasteiger partial charge in [-0.3, -0.25) is 10.1 Å². The van der Waals surface area contributed by atoms with Crippen LogP contribution in [0.25, 0.3) is 0 Å². The summed E-state index contributed by atoms with van der Waals surface area (Å²) in [5, 5.41) is 11.4. The van der Waals surface area contributed by atoms with Crippen LogP contribution in [0, 0.1) is 0 Å². The Bertz CT molecular complexity index is 262. The van der Waals surface area contributed by atoms with E-state index in [1.165, 1.54) is 7.05 Å². The Labute approximate surface area is 95.2 Å². The molecule has 0 aliphatic carbocycles. The van der Waals surface area contributed by atoms with Gasteiger partial charge in [0.25, 0.3) is 5.91 Å². The quantitative estimate of drug-likeness (QED) is 0.594. The van der Waals surface area contributed by atoms with Crippen LogP contribution in [0.2, 0.25) is 0 Å². The minimum Gasteiger partial charge on any atom is -0.480 e. The molecule has 1 rings (SSSR count). The lowest BCUT2D eigenvalue weighted by Crippen LogP contribution is -2.55. The van der Waals surface area contributed by atoms with Crippen molar-refractivity contribution in [1.82, 2.24) is 15.1 Å². The normalized spacial score (nSPS) is 19.5. The van der Waals surface area contributed by atoms with Gasteiger partial charge in [0.2, 0.25) is 0 Å². The van der Waals surface area contributed by atoms with Crippen molar-refractivity contribution in [3.63, 3.8) is 0 Å². The van der Waals surface area contributed by atoms with Crippen LogP contribution in [0.1, 0.15) is 6.92 Å². The average molecular weight is 229 g/mol. The summed E-state index contributed by atoms with van der Waals surface area (Å²) in [4.78, 5) is 26.5. The third kappa shape index (κ3) is 2.93. The Balaban J connectivity index is 2.52. The molecular formula is C10H19N3O3. The largest absolute Gasteiger partial charge is 0.480 e. The first-order chi connectivity index (χ1) is 7.60. The van der Waals surface area contributed by atoms with Gasteiger partial charge in [-0.05, 0) is 13.6 Å². The summed E-state index contributed by atoms with van der Waals surface area (Å²) in [5.74, 6) is -1.46. The van der Waals surface area contributed by atoms with Gasteiger partial charge in [-0.1, -0.05) is 6.92 Å². The fourth-order valence-electron chi connectivity index (χ4n) is 1.82. The zero-order valence-electron chi connectivity index (χ0n) is 9.77. The zero-order chi connectivity index (χ0) is 12.1. The van der Waals surface area contributed by atoms with E-state index >= 15 is 0 Å². The molecule has 0 aromatic rings. The van der Waals surface area contributed by atoms with E-state index in [0.717, 1.165) is 19.6 Å². The van der Waals surface area contributed by atoms with Crippen molar-refractivity contribution in [2.45, 2.75) is 13.0 Å². The van der Waals surface area contributed by atoms with E-state index < -0.39 is 12.0 Å². The Morgan fingerprint density at radius 1 is 1.31 bits per heavy atom. The van der Waals surface area contributed by atoms with Crippen LogP contribution in [0.15, 0.2) is 0 Å². The van der Waals surface area contributed by atoms with Crippen molar-refractivity contribution in [1.29, 1.82) is 0 Å². The topological polar surface area (TPSA) is 72.9 Å². The summed E-state index contributed by atoms with van der Waals surface area (Å²) in [5.41, 5.74) is 0. The van der Waals surface area contributed by atoms with Gasteiger partial charge in [0.05, 0.1) is 0 Å². The van der Waals surface area contributed by atoms with Crippen LogP contribution < -0.4 is 5.32 Å². The first-order valence-electron chi connectivity index (χ1n) is 5.51. The van der Waals surface area contributed by atoms with E-state index in [2.05, 4.69) is 17.1 Å². The maximum atomic E-state index is 11.8. The third-order valence-corrected chi connectivity index (χ3v) is 2.91. The lowest BCUT2D eigenvalue weighted by atomic mass is 10.2. The molecule has 0 spiro atoms. The molecule has 0 aromatic heterocycles. The number of carbonyl (C=O) groups is 2. The highest BCUT2D eigenvalue weighted by molar-refractivity contribution is 6.01. The lowest BCUT2D eigenvalue weighted by Gasteiger charge is -2.35. The number of carbonyl (C=O) groups excluding carboxylic acids is 1. The molecule has 92 valence electrons. The molecule has 1 aliphatic rings. The molecule has 1 saturated heterocycles. The van der Waals surface area contributed by atoms with Crippen molar-refractivity contribution in [2.75, 3.05) is 39.8 Å². The number of likely N-dealkylation sites (N-methyl/N-ethyl adjacent to an activating group) is 2. The second-order valence-corrected chi connectivity index (χ2v) is 3.82. The van der Waals surface area contributed by atoms with E-state index in [1.54, 1.807) is 4.90 Å². The first kappa shape index (κ1) is 12.9. The standard InChI is InChI=1S/C10H19N3O3/c1-3-12-4-6-13(7-5-12)9(14)8(11-2)10(15)16/h8,11H,3-7H2,1-2H3,(H,15,16). The Kier molecular flexibility index (Phi) is 4.70. The Morgan fingerprint density at radius 2 is 1.88 bits per heavy atom. The maximum Gasteiger partial charge on any atom is 0.330 e. The molecule has 0 saturated carbocycles. The molecule has 1 amide bonds. The number of piperazine rings is 1. The van der Waals surface area contributed by atoms with Gasteiger partial charge in [-0.2, -0.15) is 0 Å². The molecule has 6 nitrogen and oxygen atoms in total. The summed E-state index contributed by atoms with van der Waals surface area (Å²) >= 11 is 0. The van der Waals surface area contributed by atoms with Crippen molar-refractivity contribution in [2.24, 2.45) is 0 Å². The SMILES string of the molecule is CCN1CCN(C(=O)C(NC)C(=O)O)CC1. The summed E-state index contributed by atoms with van der Waals surface area (Å²) in [6.45, 7) is 5.90. The molecular weight excluding hydrogens is 210 g/mol. The van der Waals surface area contributed by atoms with E-state index in [4.69, 9.17) is 5.11 Å². The van der Waals surface area contributed by atoms with Crippen molar-refractivity contribution < 1.29 is 14.7 Å². The van der Waals surface area contributed by atoms with Gasteiger partial charge in [-0.25, -0.2) is 4.79 Å². The smallest absolute Gasteiger partial charge is 0.330 e. The molecule has 2 N–H and O–H groups in total.